The summed E-state index contributed by atoms with van der Waals surface area (Å²) in [6.45, 7) is -0.968. The van der Waals surface area contributed by atoms with Crippen molar-refractivity contribution in [3.63, 3.8) is 0 Å². The van der Waals surface area contributed by atoms with Crippen molar-refractivity contribution >= 4 is 12.0 Å². The molecule has 242 valence electrons. The predicted molar refractivity (Wildman–Crippen MR) is 144 cm³/mol. The van der Waals surface area contributed by atoms with Gasteiger partial charge in [-0.05, 0) is 35.9 Å². The van der Waals surface area contributed by atoms with Gasteiger partial charge in [-0.2, -0.15) is 0 Å². The van der Waals surface area contributed by atoms with Gasteiger partial charge in [-0.1, -0.05) is 6.07 Å². The highest BCUT2D eigenvalue weighted by molar-refractivity contribution is 5.87. The summed E-state index contributed by atoms with van der Waals surface area (Å²) in [5, 5.41) is 91.5. The Morgan fingerprint density at radius 3 is 2.18 bits per heavy atom. The van der Waals surface area contributed by atoms with E-state index < -0.39 is 79.7 Å². The smallest absolute Gasteiger partial charge is 0.330 e. The van der Waals surface area contributed by atoms with E-state index in [0.29, 0.717) is 5.56 Å². The third-order valence-corrected chi connectivity index (χ3v) is 6.99. The SMILES string of the molecule is COc1cc(OC[C@H]2O[C@@H](O[C@H]3C(O)O[C@H](COC(=O)/C=C/c4ccc(O)c(O)c4)[C@@H](O)[C@@H]3O)[C@H](O)[C@@H](O)[C@@H]2O)ccc1O. The third kappa shape index (κ3) is 7.68. The van der Waals surface area contributed by atoms with Gasteiger partial charge in [0.05, 0.1) is 7.11 Å². The fourth-order valence-corrected chi connectivity index (χ4v) is 4.47. The van der Waals surface area contributed by atoms with Crippen molar-refractivity contribution in [1.29, 1.82) is 0 Å². The molecule has 1 unspecified atom stereocenters. The Balaban J connectivity index is 1.32. The average Bonchev–Trinajstić information content (AvgIpc) is 3.00. The summed E-state index contributed by atoms with van der Waals surface area (Å²) in [7, 11) is 1.34. The van der Waals surface area contributed by atoms with E-state index in [1.54, 1.807) is 0 Å². The molecule has 16 nitrogen and oxygen atoms in total. The van der Waals surface area contributed by atoms with E-state index in [9.17, 15) is 50.8 Å². The van der Waals surface area contributed by atoms with Gasteiger partial charge in [0.25, 0.3) is 0 Å². The number of rotatable bonds is 10. The molecule has 0 radical (unpaired) electrons. The molecule has 2 saturated heterocycles. The Labute approximate surface area is 250 Å². The summed E-state index contributed by atoms with van der Waals surface area (Å²) in [6, 6.07) is 7.93. The van der Waals surface area contributed by atoms with Gasteiger partial charge in [-0.25, -0.2) is 4.79 Å². The second-order valence-electron chi connectivity index (χ2n) is 10.0. The standard InChI is InChI=1S/C28H34O16/c1-39-17-9-13(4-6-15(17)30)40-10-19-21(33)23(35)25(37)28(43-19)44-26-24(36)22(34)18(42-27(26)38)11-41-20(32)7-3-12-2-5-14(29)16(31)8-12/h2-9,18-19,21-31,33-38H,10-11H2,1H3/b7-3+/t18-,19-,21-,22-,23+,24+,25-,26-,27?,28+/m1/s1. The first-order chi connectivity index (χ1) is 20.9. The van der Waals surface area contributed by atoms with Crippen LogP contribution < -0.4 is 9.47 Å². The largest absolute Gasteiger partial charge is 0.504 e. The number of benzene rings is 2. The van der Waals surface area contributed by atoms with Crippen molar-refractivity contribution in [1.82, 2.24) is 0 Å². The molecule has 2 aliphatic rings. The number of carbonyl (C=O) groups excluding carboxylic acids is 1. The molecular formula is C28H34O16. The van der Waals surface area contributed by atoms with Gasteiger partial charge < -0.3 is 74.4 Å². The number of phenols is 3. The number of esters is 1. The molecular weight excluding hydrogens is 592 g/mol. The molecule has 0 saturated carbocycles. The normalized spacial score (nSPS) is 32.3. The van der Waals surface area contributed by atoms with Crippen LogP contribution in [0.3, 0.4) is 0 Å². The molecule has 2 heterocycles. The van der Waals surface area contributed by atoms with Crippen LogP contribution >= 0.6 is 0 Å². The third-order valence-electron chi connectivity index (χ3n) is 6.99. The Hall–Kier alpha value is -3.71. The van der Waals surface area contributed by atoms with Crippen LogP contribution in [0.2, 0.25) is 0 Å². The first kappa shape index (κ1) is 33.2. The summed E-state index contributed by atoms with van der Waals surface area (Å²) >= 11 is 0. The highest BCUT2D eigenvalue weighted by atomic mass is 16.7. The van der Waals surface area contributed by atoms with Gasteiger partial charge in [0, 0.05) is 12.1 Å². The maximum atomic E-state index is 12.1. The van der Waals surface area contributed by atoms with E-state index in [4.69, 9.17) is 28.4 Å². The number of hydrogen-bond donors (Lipinski definition) is 9. The van der Waals surface area contributed by atoms with Crippen LogP contribution in [0, 0.1) is 0 Å². The number of phenolic OH excluding ortho intramolecular Hbond substituents is 3. The zero-order valence-electron chi connectivity index (χ0n) is 23.2. The zero-order chi connectivity index (χ0) is 32.1. The lowest BCUT2D eigenvalue weighted by atomic mass is 9.97. The monoisotopic (exact) mass is 626 g/mol. The van der Waals surface area contributed by atoms with Crippen molar-refractivity contribution in [3.05, 3.63) is 48.0 Å². The topological polar surface area (TPSA) is 255 Å². The fraction of sp³-hybridized carbons (Fsp3) is 0.464. The van der Waals surface area contributed by atoms with Crippen molar-refractivity contribution in [3.8, 4) is 28.7 Å². The number of aromatic hydroxyl groups is 3. The zero-order valence-corrected chi connectivity index (χ0v) is 23.2. The molecule has 0 aromatic heterocycles. The fourth-order valence-electron chi connectivity index (χ4n) is 4.47. The molecule has 2 aliphatic heterocycles. The van der Waals surface area contributed by atoms with E-state index in [-0.39, 0.29) is 29.6 Å². The van der Waals surface area contributed by atoms with Crippen molar-refractivity contribution in [2.45, 2.75) is 61.4 Å². The summed E-state index contributed by atoms with van der Waals surface area (Å²) in [6.07, 6.45) is -14.7. The number of aliphatic hydroxyl groups excluding tert-OH is 6. The molecule has 0 aliphatic carbocycles. The van der Waals surface area contributed by atoms with Crippen LogP contribution in [0.1, 0.15) is 5.56 Å². The molecule has 2 aromatic rings. The van der Waals surface area contributed by atoms with Crippen LogP contribution in [0.5, 0.6) is 28.7 Å². The van der Waals surface area contributed by atoms with Gasteiger partial charge in [-0.3, -0.25) is 0 Å². The quantitative estimate of drug-likeness (QED) is 0.0791. The molecule has 10 atom stereocenters. The number of aliphatic hydroxyl groups is 6. The summed E-state index contributed by atoms with van der Waals surface area (Å²) in [5.74, 6) is -1.44. The lowest BCUT2D eigenvalue weighted by Crippen LogP contribution is -2.64. The summed E-state index contributed by atoms with van der Waals surface area (Å²) < 4.78 is 31.8. The Morgan fingerprint density at radius 1 is 0.795 bits per heavy atom. The molecule has 44 heavy (non-hydrogen) atoms. The Kier molecular flexibility index (Phi) is 10.8. The van der Waals surface area contributed by atoms with Crippen LogP contribution in [0.25, 0.3) is 6.08 Å². The van der Waals surface area contributed by atoms with E-state index >= 15 is 0 Å². The minimum Gasteiger partial charge on any atom is -0.504 e. The molecule has 0 spiro atoms. The number of hydrogen-bond acceptors (Lipinski definition) is 16. The van der Waals surface area contributed by atoms with Crippen LogP contribution in [0.4, 0.5) is 0 Å². The van der Waals surface area contributed by atoms with Crippen LogP contribution in [-0.2, 0) is 23.7 Å². The average molecular weight is 627 g/mol. The van der Waals surface area contributed by atoms with Crippen LogP contribution in [-0.4, -0.2) is 134 Å². The van der Waals surface area contributed by atoms with E-state index in [0.717, 1.165) is 6.08 Å². The maximum absolute atomic E-state index is 12.1. The van der Waals surface area contributed by atoms with Crippen molar-refractivity contribution in [2.24, 2.45) is 0 Å². The molecule has 9 N–H and O–H groups in total. The van der Waals surface area contributed by atoms with Crippen molar-refractivity contribution in [2.75, 3.05) is 20.3 Å². The van der Waals surface area contributed by atoms with E-state index in [1.807, 2.05) is 0 Å². The lowest BCUT2D eigenvalue weighted by molar-refractivity contribution is -0.361. The van der Waals surface area contributed by atoms with Gasteiger partial charge in [0.2, 0.25) is 0 Å². The van der Waals surface area contributed by atoms with E-state index in [1.165, 1.54) is 49.6 Å². The minimum atomic E-state index is -1.92. The van der Waals surface area contributed by atoms with Gasteiger partial charge >= 0.3 is 5.97 Å². The van der Waals surface area contributed by atoms with Crippen LogP contribution in [0.15, 0.2) is 42.5 Å². The predicted octanol–water partition coefficient (Wildman–Crippen LogP) is -1.92. The Morgan fingerprint density at radius 2 is 1.48 bits per heavy atom. The summed E-state index contributed by atoms with van der Waals surface area (Å²) in [4.78, 5) is 12.1. The first-order valence-corrected chi connectivity index (χ1v) is 13.3. The van der Waals surface area contributed by atoms with Crippen molar-refractivity contribution < 1.29 is 79.2 Å². The van der Waals surface area contributed by atoms with Gasteiger partial charge in [0.1, 0.15) is 67.8 Å². The highest BCUT2D eigenvalue weighted by Crippen LogP contribution is 2.32. The van der Waals surface area contributed by atoms with E-state index in [2.05, 4.69) is 0 Å². The number of carbonyl (C=O) groups is 1. The Bertz CT molecular complexity index is 1300. The van der Waals surface area contributed by atoms with Gasteiger partial charge in [0.15, 0.2) is 35.6 Å². The number of ether oxygens (including phenoxy) is 6. The molecule has 2 fully saturated rings. The summed E-state index contributed by atoms with van der Waals surface area (Å²) in [5.41, 5.74) is 0.371. The second kappa shape index (κ2) is 14.4. The number of methoxy groups -OCH3 is 1. The molecule has 0 amide bonds. The van der Waals surface area contributed by atoms with Gasteiger partial charge in [-0.15, -0.1) is 0 Å². The minimum absolute atomic E-state index is 0.114. The first-order valence-electron chi connectivity index (χ1n) is 13.3. The second-order valence-corrected chi connectivity index (χ2v) is 10.0. The molecule has 4 rings (SSSR count). The lowest BCUT2D eigenvalue weighted by Gasteiger charge is -2.45. The molecule has 16 heteroatoms. The molecule has 0 bridgehead atoms. The maximum Gasteiger partial charge on any atom is 0.330 e. The highest BCUT2D eigenvalue weighted by Gasteiger charge is 2.50. The molecule has 2 aromatic carbocycles.